The highest BCUT2D eigenvalue weighted by atomic mass is 31.0. The van der Waals surface area contributed by atoms with Crippen LogP contribution in [0.15, 0.2) is 42.5 Å². The first kappa shape index (κ1) is 11.8. The lowest BCUT2D eigenvalue weighted by Gasteiger charge is -2.06. The summed E-state index contributed by atoms with van der Waals surface area (Å²) >= 11 is 0. The fraction of sp³-hybridized carbons (Fsp3) is 0.143. The maximum absolute atomic E-state index is 2.76. The van der Waals surface area contributed by atoms with Crippen LogP contribution in [-0.2, 0) is 6.16 Å². The molecule has 0 heterocycles. The highest BCUT2D eigenvalue weighted by molar-refractivity contribution is 7.27. The number of hydrogen-bond acceptors (Lipinski definition) is 0. The molecule has 0 aliphatic carbocycles. The van der Waals surface area contributed by atoms with E-state index in [2.05, 4.69) is 67.9 Å². The van der Waals surface area contributed by atoms with Gasteiger partial charge in [-0.2, -0.15) is 0 Å². The molecule has 0 aromatic heterocycles. The molecule has 2 aromatic carbocycles. The molecule has 0 saturated carbocycles. The molecule has 2 unspecified atom stereocenters. The summed E-state index contributed by atoms with van der Waals surface area (Å²) in [4.78, 5) is 0. The van der Waals surface area contributed by atoms with E-state index in [0.717, 1.165) is 6.16 Å². The van der Waals surface area contributed by atoms with Gasteiger partial charge in [-0.15, -0.1) is 18.5 Å². The minimum Gasteiger partial charge on any atom is -0.133 e. The van der Waals surface area contributed by atoms with Gasteiger partial charge in [0.25, 0.3) is 0 Å². The highest BCUT2D eigenvalue weighted by Gasteiger charge is 1.99. The molecular formula is C14H16P2. The Bertz CT molecular complexity index is 487. The van der Waals surface area contributed by atoms with Gasteiger partial charge in [0, 0.05) is 0 Å². The first-order valence-electron chi connectivity index (χ1n) is 5.36. The van der Waals surface area contributed by atoms with Crippen molar-refractivity contribution < 1.29 is 0 Å². The molecule has 2 rings (SSSR count). The van der Waals surface area contributed by atoms with Crippen LogP contribution in [0.25, 0.3) is 11.1 Å². The summed E-state index contributed by atoms with van der Waals surface area (Å²) in [7, 11) is 5.51. The van der Waals surface area contributed by atoms with Crippen molar-refractivity contribution in [2.75, 3.05) is 0 Å². The fourth-order valence-corrected chi connectivity index (χ4v) is 2.14. The van der Waals surface area contributed by atoms with Crippen molar-refractivity contribution in [2.24, 2.45) is 0 Å². The Morgan fingerprint density at radius 3 is 2.12 bits per heavy atom. The van der Waals surface area contributed by atoms with E-state index in [1.165, 1.54) is 27.6 Å². The Morgan fingerprint density at radius 2 is 1.56 bits per heavy atom. The molecule has 0 nitrogen and oxygen atoms in total. The predicted octanol–water partition coefficient (Wildman–Crippen LogP) is 3.54. The van der Waals surface area contributed by atoms with Crippen LogP contribution in [0.3, 0.4) is 0 Å². The van der Waals surface area contributed by atoms with Crippen molar-refractivity contribution in [3.63, 3.8) is 0 Å². The molecule has 0 amide bonds. The van der Waals surface area contributed by atoms with Crippen LogP contribution in [-0.4, -0.2) is 0 Å². The van der Waals surface area contributed by atoms with Gasteiger partial charge in [0.1, 0.15) is 0 Å². The van der Waals surface area contributed by atoms with E-state index in [4.69, 9.17) is 0 Å². The van der Waals surface area contributed by atoms with E-state index >= 15 is 0 Å². The van der Waals surface area contributed by atoms with Gasteiger partial charge in [-0.05, 0) is 40.6 Å². The Morgan fingerprint density at radius 1 is 0.938 bits per heavy atom. The van der Waals surface area contributed by atoms with E-state index in [1.807, 2.05) is 0 Å². The van der Waals surface area contributed by atoms with Crippen LogP contribution in [0.1, 0.15) is 11.1 Å². The summed E-state index contributed by atoms with van der Waals surface area (Å²) in [5.41, 5.74) is 5.25. The van der Waals surface area contributed by atoms with Crippen molar-refractivity contribution in [1.29, 1.82) is 0 Å². The summed E-state index contributed by atoms with van der Waals surface area (Å²) in [6, 6.07) is 15.3. The van der Waals surface area contributed by atoms with Crippen LogP contribution < -0.4 is 5.30 Å². The van der Waals surface area contributed by atoms with E-state index in [1.54, 1.807) is 0 Å². The van der Waals surface area contributed by atoms with E-state index in [0.29, 0.717) is 0 Å². The molecule has 0 N–H and O–H groups in total. The topological polar surface area (TPSA) is 0 Å². The molecule has 82 valence electrons. The molecule has 0 spiro atoms. The third kappa shape index (κ3) is 2.51. The van der Waals surface area contributed by atoms with Gasteiger partial charge in [-0.1, -0.05) is 42.5 Å². The lowest BCUT2D eigenvalue weighted by Crippen LogP contribution is -1.95. The van der Waals surface area contributed by atoms with Crippen molar-refractivity contribution in [1.82, 2.24) is 0 Å². The molecule has 0 aliphatic heterocycles. The Labute approximate surface area is 102 Å². The van der Waals surface area contributed by atoms with Gasteiger partial charge < -0.3 is 0 Å². The molecule has 2 aromatic rings. The molecule has 2 atom stereocenters. The van der Waals surface area contributed by atoms with E-state index in [9.17, 15) is 0 Å². The second-order valence-corrected chi connectivity index (χ2v) is 5.00. The van der Waals surface area contributed by atoms with Crippen LogP contribution in [0.5, 0.6) is 0 Å². The normalized spacial score (nSPS) is 10.4. The number of rotatable bonds is 2. The van der Waals surface area contributed by atoms with Gasteiger partial charge in [0.2, 0.25) is 0 Å². The predicted molar refractivity (Wildman–Crippen MR) is 79.4 cm³/mol. The zero-order valence-corrected chi connectivity index (χ0v) is 11.7. The quantitative estimate of drug-likeness (QED) is 0.711. The van der Waals surface area contributed by atoms with Crippen molar-refractivity contribution in [3.05, 3.63) is 53.6 Å². The van der Waals surface area contributed by atoms with Crippen molar-refractivity contribution in [2.45, 2.75) is 13.1 Å². The minimum atomic E-state index is 1.02. The zero-order valence-electron chi connectivity index (χ0n) is 9.40. The third-order valence-corrected chi connectivity index (χ3v) is 3.91. The summed E-state index contributed by atoms with van der Waals surface area (Å²) in [5.74, 6) is 0. The second kappa shape index (κ2) is 5.09. The fourth-order valence-electron chi connectivity index (χ4n) is 1.69. The van der Waals surface area contributed by atoms with Crippen LogP contribution >= 0.6 is 18.5 Å². The Kier molecular flexibility index (Phi) is 3.74. The number of benzene rings is 2. The van der Waals surface area contributed by atoms with E-state index in [-0.39, 0.29) is 0 Å². The maximum Gasteiger partial charge on any atom is -0.0128 e. The van der Waals surface area contributed by atoms with Gasteiger partial charge >= 0.3 is 0 Å². The van der Waals surface area contributed by atoms with Gasteiger partial charge in [-0.3, -0.25) is 0 Å². The third-order valence-electron chi connectivity index (χ3n) is 2.79. The molecule has 0 radical (unpaired) electrons. The molecule has 0 aliphatic rings. The summed E-state index contributed by atoms with van der Waals surface area (Å²) in [6.07, 6.45) is 1.02. The lowest BCUT2D eigenvalue weighted by molar-refractivity contribution is 1.41. The molecule has 2 heteroatoms. The molecule has 16 heavy (non-hydrogen) atoms. The average Bonchev–Trinajstić information content (AvgIpc) is 2.33. The maximum atomic E-state index is 2.76. The van der Waals surface area contributed by atoms with Gasteiger partial charge in [0.15, 0.2) is 0 Å². The standard InChI is InChI=1S/C14H16P2/c1-10-8-13(6-7-14(10)16)12-4-2-11(9-15)3-5-12/h2-8H,9,15-16H2,1H3. The van der Waals surface area contributed by atoms with Crippen molar-refractivity contribution in [3.8, 4) is 11.1 Å². The number of hydrogen-bond donors (Lipinski definition) is 0. The van der Waals surface area contributed by atoms with Crippen molar-refractivity contribution >= 4 is 23.8 Å². The first-order chi connectivity index (χ1) is 7.70. The smallest absolute Gasteiger partial charge is 0.0128 e. The van der Waals surface area contributed by atoms with Gasteiger partial charge in [-0.25, -0.2) is 0 Å². The Balaban J connectivity index is 2.38. The SMILES string of the molecule is Cc1cc(-c2ccc(CP)cc2)ccc1P. The molecule has 0 bridgehead atoms. The molecular weight excluding hydrogens is 230 g/mol. The largest absolute Gasteiger partial charge is 0.133 e. The monoisotopic (exact) mass is 246 g/mol. The average molecular weight is 246 g/mol. The lowest BCUT2D eigenvalue weighted by atomic mass is 10.0. The zero-order chi connectivity index (χ0) is 11.5. The second-order valence-electron chi connectivity index (χ2n) is 3.97. The summed E-state index contributed by atoms with van der Waals surface area (Å²) in [6.45, 7) is 2.14. The summed E-state index contributed by atoms with van der Waals surface area (Å²) < 4.78 is 0. The molecule has 0 fully saturated rings. The first-order valence-corrected chi connectivity index (χ1v) is 6.75. The van der Waals surface area contributed by atoms with Crippen LogP contribution in [0, 0.1) is 6.92 Å². The minimum absolute atomic E-state index is 1.02. The van der Waals surface area contributed by atoms with Crippen LogP contribution in [0.2, 0.25) is 0 Å². The Hall–Kier alpha value is -0.700. The van der Waals surface area contributed by atoms with E-state index < -0.39 is 0 Å². The molecule has 0 saturated heterocycles. The summed E-state index contributed by atoms with van der Waals surface area (Å²) in [5, 5.41) is 1.27. The number of aryl methyl sites for hydroxylation is 1. The highest BCUT2D eigenvalue weighted by Crippen LogP contribution is 2.21. The van der Waals surface area contributed by atoms with Gasteiger partial charge in [0.05, 0.1) is 0 Å². The van der Waals surface area contributed by atoms with Crippen LogP contribution in [0.4, 0.5) is 0 Å².